The quantitative estimate of drug-likeness (QED) is 0.739. The van der Waals surface area contributed by atoms with Gasteiger partial charge in [0.25, 0.3) is 0 Å². The third kappa shape index (κ3) is 3.62. The maximum absolute atomic E-state index is 13.1. The summed E-state index contributed by atoms with van der Waals surface area (Å²) in [6.07, 6.45) is 1.56. The summed E-state index contributed by atoms with van der Waals surface area (Å²) in [6, 6.07) is 14.6. The van der Waals surface area contributed by atoms with Crippen molar-refractivity contribution < 1.29 is 9.18 Å². The SMILES string of the molecule is CC(C)(C)c1ccc(CC(C)(C=O)c2ccc(F)cc2)cc1. The lowest BCUT2D eigenvalue weighted by Crippen LogP contribution is -2.27. The molecule has 0 fully saturated rings. The molecule has 0 aliphatic carbocycles. The van der Waals surface area contributed by atoms with Gasteiger partial charge < -0.3 is 4.79 Å². The lowest BCUT2D eigenvalue weighted by Gasteiger charge is -2.25. The van der Waals surface area contributed by atoms with E-state index in [0.717, 1.165) is 17.4 Å². The van der Waals surface area contributed by atoms with Gasteiger partial charge in [0, 0.05) is 0 Å². The Balaban J connectivity index is 2.26. The fourth-order valence-corrected chi connectivity index (χ4v) is 2.59. The van der Waals surface area contributed by atoms with E-state index in [2.05, 4.69) is 45.0 Å². The molecular formula is C20H23FO. The van der Waals surface area contributed by atoms with Crippen LogP contribution in [0.4, 0.5) is 4.39 Å². The van der Waals surface area contributed by atoms with Crippen LogP contribution in [0, 0.1) is 5.82 Å². The van der Waals surface area contributed by atoms with Gasteiger partial charge in [-0.1, -0.05) is 57.2 Å². The van der Waals surface area contributed by atoms with Crippen LogP contribution in [-0.4, -0.2) is 6.29 Å². The summed E-state index contributed by atoms with van der Waals surface area (Å²) >= 11 is 0. The summed E-state index contributed by atoms with van der Waals surface area (Å²) in [5.74, 6) is -0.286. The smallest absolute Gasteiger partial charge is 0.130 e. The molecule has 2 aromatic carbocycles. The lowest BCUT2D eigenvalue weighted by atomic mass is 9.78. The first-order valence-corrected chi connectivity index (χ1v) is 7.56. The van der Waals surface area contributed by atoms with Gasteiger partial charge in [-0.2, -0.15) is 0 Å². The fraction of sp³-hybridized carbons (Fsp3) is 0.350. The Morgan fingerprint density at radius 1 is 0.864 bits per heavy atom. The van der Waals surface area contributed by atoms with Gasteiger partial charge in [-0.25, -0.2) is 4.39 Å². The molecule has 0 aromatic heterocycles. The predicted octanol–water partition coefficient (Wildman–Crippen LogP) is 4.82. The van der Waals surface area contributed by atoms with Crippen molar-refractivity contribution >= 4 is 6.29 Å². The van der Waals surface area contributed by atoms with E-state index in [4.69, 9.17) is 0 Å². The number of carbonyl (C=O) groups excluding carboxylic acids is 1. The van der Waals surface area contributed by atoms with E-state index in [9.17, 15) is 9.18 Å². The van der Waals surface area contributed by atoms with Gasteiger partial charge in [0.1, 0.15) is 12.1 Å². The molecule has 0 amide bonds. The molecule has 0 bridgehead atoms. The molecule has 0 saturated carbocycles. The van der Waals surface area contributed by atoms with Crippen LogP contribution in [-0.2, 0) is 22.0 Å². The molecular weight excluding hydrogens is 275 g/mol. The lowest BCUT2D eigenvalue weighted by molar-refractivity contribution is -0.112. The summed E-state index contributed by atoms with van der Waals surface area (Å²) < 4.78 is 13.1. The molecule has 22 heavy (non-hydrogen) atoms. The Bertz CT molecular complexity index is 635. The number of hydrogen-bond acceptors (Lipinski definition) is 1. The van der Waals surface area contributed by atoms with Crippen LogP contribution in [0.3, 0.4) is 0 Å². The molecule has 2 aromatic rings. The zero-order valence-corrected chi connectivity index (χ0v) is 13.7. The Labute approximate surface area is 132 Å². The zero-order chi connectivity index (χ0) is 16.4. The molecule has 116 valence electrons. The van der Waals surface area contributed by atoms with Gasteiger partial charge in [-0.3, -0.25) is 0 Å². The second kappa shape index (κ2) is 6.04. The predicted molar refractivity (Wildman–Crippen MR) is 88.7 cm³/mol. The van der Waals surface area contributed by atoms with Crippen LogP contribution in [0.2, 0.25) is 0 Å². The van der Waals surface area contributed by atoms with Crippen LogP contribution in [0.5, 0.6) is 0 Å². The minimum absolute atomic E-state index is 0.115. The average Bonchev–Trinajstić information content (AvgIpc) is 2.47. The first kappa shape index (κ1) is 16.4. The van der Waals surface area contributed by atoms with E-state index in [0.29, 0.717) is 6.42 Å². The fourth-order valence-electron chi connectivity index (χ4n) is 2.59. The van der Waals surface area contributed by atoms with Crippen LogP contribution in [0.1, 0.15) is 44.4 Å². The van der Waals surface area contributed by atoms with Crippen LogP contribution < -0.4 is 0 Å². The minimum Gasteiger partial charge on any atom is -0.302 e. The van der Waals surface area contributed by atoms with Crippen molar-refractivity contribution in [2.45, 2.75) is 44.9 Å². The van der Waals surface area contributed by atoms with Crippen LogP contribution in [0.25, 0.3) is 0 Å². The molecule has 1 atom stereocenters. The highest BCUT2D eigenvalue weighted by molar-refractivity contribution is 5.68. The third-order valence-electron chi connectivity index (χ3n) is 4.16. The van der Waals surface area contributed by atoms with E-state index in [1.165, 1.54) is 17.7 Å². The Morgan fingerprint density at radius 3 is 1.82 bits per heavy atom. The summed E-state index contributed by atoms with van der Waals surface area (Å²) in [6.45, 7) is 8.42. The normalized spacial score (nSPS) is 14.4. The van der Waals surface area contributed by atoms with Gasteiger partial charge in [0.2, 0.25) is 0 Å². The third-order valence-corrected chi connectivity index (χ3v) is 4.16. The molecule has 0 spiro atoms. The number of hydrogen-bond donors (Lipinski definition) is 0. The van der Waals surface area contributed by atoms with Gasteiger partial charge in [-0.15, -0.1) is 0 Å². The van der Waals surface area contributed by atoms with Gasteiger partial charge in [-0.05, 0) is 47.6 Å². The van der Waals surface area contributed by atoms with Crippen molar-refractivity contribution in [2.75, 3.05) is 0 Å². The number of halogens is 1. The molecule has 0 aliphatic rings. The Kier molecular flexibility index (Phi) is 4.50. The van der Waals surface area contributed by atoms with Crippen molar-refractivity contribution in [3.63, 3.8) is 0 Å². The highest BCUT2D eigenvalue weighted by Gasteiger charge is 2.26. The molecule has 0 heterocycles. The molecule has 1 unspecified atom stereocenters. The van der Waals surface area contributed by atoms with E-state index in [1.807, 2.05) is 6.92 Å². The Hall–Kier alpha value is -1.96. The molecule has 0 saturated heterocycles. The highest BCUT2D eigenvalue weighted by Crippen LogP contribution is 2.28. The number of benzene rings is 2. The highest BCUT2D eigenvalue weighted by atomic mass is 19.1. The molecule has 0 aliphatic heterocycles. The van der Waals surface area contributed by atoms with Crippen molar-refractivity contribution in [3.05, 3.63) is 71.0 Å². The molecule has 2 rings (SSSR count). The van der Waals surface area contributed by atoms with E-state index >= 15 is 0 Å². The standard InChI is InChI=1S/C20H23FO/c1-19(2,3)16-7-5-15(6-8-16)13-20(4,14-22)17-9-11-18(21)12-10-17/h5-12,14H,13H2,1-4H3. The first-order chi connectivity index (χ1) is 10.2. The van der Waals surface area contributed by atoms with Crippen molar-refractivity contribution in [1.82, 2.24) is 0 Å². The Morgan fingerprint density at radius 2 is 1.36 bits per heavy atom. The summed E-state index contributed by atoms with van der Waals surface area (Å²) in [4.78, 5) is 11.6. The number of aldehydes is 1. The molecule has 2 heteroatoms. The second-order valence-corrected chi connectivity index (χ2v) is 7.17. The summed E-state index contributed by atoms with van der Waals surface area (Å²) in [7, 11) is 0. The molecule has 1 nitrogen and oxygen atoms in total. The topological polar surface area (TPSA) is 17.1 Å². The van der Waals surface area contributed by atoms with Crippen molar-refractivity contribution in [3.8, 4) is 0 Å². The van der Waals surface area contributed by atoms with E-state index in [1.54, 1.807) is 12.1 Å². The summed E-state index contributed by atoms with van der Waals surface area (Å²) in [5.41, 5.74) is 2.68. The number of rotatable bonds is 4. The molecule has 0 radical (unpaired) electrons. The van der Waals surface area contributed by atoms with Crippen molar-refractivity contribution in [1.29, 1.82) is 0 Å². The first-order valence-electron chi connectivity index (χ1n) is 7.56. The minimum atomic E-state index is -0.642. The van der Waals surface area contributed by atoms with Gasteiger partial charge in [0.15, 0.2) is 0 Å². The van der Waals surface area contributed by atoms with Crippen LogP contribution in [0.15, 0.2) is 48.5 Å². The van der Waals surface area contributed by atoms with Crippen molar-refractivity contribution in [2.24, 2.45) is 0 Å². The monoisotopic (exact) mass is 298 g/mol. The maximum atomic E-state index is 13.1. The largest absolute Gasteiger partial charge is 0.302 e. The number of carbonyl (C=O) groups is 1. The van der Waals surface area contributed by atoms with Crippen LogP contribution >= 0.6 is 0 Å². The van der Waals surface area contributed by atoms with E-state index in [-0.39, 0.29) is 11.2 Å². The van der Waals surface area contributed by atoms with E-state index < -0.39 is 5.41 Å². The summed E-state index contributed by atoms with van der Waals surface area (Å²) in [5, 5.41) is 0. The van der Waals surface area contributed by atoms with Gasteiger partial charge >= 0.3 is 0 Å². The second-order valence-electron chi connectivity index (χ2n) is 7.17. The average molecular weight is 298 g/mol. The molecule has 0 N–H and O–H groups in total. The van der Waals surface area contributed by atoms with Gasteiger partial charge in [0.05, 0.1) is 5.41 Å². The zero-order valence-electron chi connectivity index (χ0n) is 13.7. The maximum Gasteiger partial charge on any atom is 0.130 e.